The van der Waals surface area contributed by atoms with E-state index in [4.69, 9.17) is 11.5 Å². The first-order chi connectivity index (χ1) is 6.58. The van der Waals surface area contributed by atoms with E-state index in [1.165, 1.54) is 11.1 Å². The van der Waals surface area contributed by atoms with Crippen LogP contribution in [0.25, 0.3) is 0 Å². The van der Waals surface area contributed by atoms with Gasteiger partial charge in [0.15, 0.2) is 0 Å². The molecule has 0 spiro atoms. The minimum absolute atomic E-state index is 0.223. The maximum absolute atomic E-state index is 5.75. The maximum atomic E-state index is 5.75. The zero-order valence-electron chi connectivity index (χ0n) is 9.03. The molecule has 2 nitrogen and oxygen atoms in total. The van der Waals surface area contributed by atoms with Crippen LogP contribution in [0.3, 0.4) is 0 Å². The van der Waals surface area contributed by atoms with Gasteiger partial charge in [-0.05, 0) is 37.8 Å². The van der Waals surface area contributed by atoms with Gasteiger partial charge < -0.3 is 11.5 Å². The lowest BCUT2D eigenvalue weighted by Crippen LogP contribution is -2.19. The van der Waals surface area contributed by atoms with Crippen LogP contribution in [-0.2, 0) is 12.8 Å². The Hall–Kier alpha value is -0.860. The predicted molar refractivity (Wildman–Crippen MR) is 61.1 cm³/mol. The van der Waals surface area contributed by atoms with Crippen LogP contribution < -0.4 is 11.5 Å². The fourth-order valence-electron chi connectivity index (χ4n) is 1.63. The molecule has 0 amide bonds. The topological polar surface area (TPSA) is 52.0 Å². The van der Waals surface area contributed by atoms with Crippen LogP contribution in [0.5, 0.6) is 0 Å². The van der Waals surface area contributed by atoms with Crippen molar-refractivity contribution in [2.45, 2.75) is 38.8 Å². The van der Waals surface area contributed by atoms with Crippen molar-refractivity contribution < 1.29 is 0 Å². The highest BCUT2D eigenvalue weighted by Crippen LogP contribution is 2.08. The summed E-state index contributed by atoms with van der Waals surface area (Å²) in [6.45, 7) is 4.05. The molecule has 0 aliphatic heterocycles. The molecule has 1 rings (SSSR count). The van der Waals surface area contributed by atoms with Crippen LogP contribution in [0.1, 0.15) is 25.0 Å². The summed E-state index contributed by atoms with van der Waals surface area (Å²) < 4.78 is 0. The van der Waals surface area contributed by atoms with Gasteiger partial charge in [-0.25, -0.2) is 0 Å². The quantitative estimate of drug-likeness (QED) is 0.759. The minimum atomic E-state index is 0.223. The minimum Gasteiger partial charge on any atom is -0.328 e. The normalized spacial score (nSPS) is 15.1. The second-order valence-corrected chi connectivity index (χ2v) is 4.18. The Kier molecular flexibility index (Phi) is 4.11. The van der Waals surface area contributed by atoms with Crippen molar-refractivity contribution in [3.63, 3.8) is 0 Å². The Morgan fingerprint density at radius 2 is 1.43 bits per heavy atom. The molecule has 0 aliphatic rings. The molecule has 0 aliphatic carbocycles. The first kappa shape index (κ1) is 11.2. The Morgan fingerprint density at radius 3 is 1.79 bits per heavy atom. The number of hydrogen-bond donors (Lipinski definition) is 2. The molecule has 0 bridgehead atoms. The number of benzene rings is 1. The van der Waals surface area contributed by atoms with Crippen LogP contribution >= 0.6 is 0 Å². The molecule has 0 saturated heterocycles. The lowest BCUT2D eigenvalue weighted by atomic mass is 10.0. The van der Waals surface area contributed by atoms with Crippen molar-refractivity contribution in [2.75, 3.05) is 0 Å². The highest BCUT2D eigenvalue weighted by atomic mass is 14.6. The van der Waals surface area contributed by atoms with Crippen LogP contribution in [0.2, 0.25) is 0 Å². The SMILES string of the molecule is C[C@H](N)Cc1cccc(C[C@@H](C)N)c1. The van der Waals surface area contributed by atoms with Gasteiger partial charge in [-0.3, -0.25) is 0 Å². The van der Waals surface area contributed by atoms with Crippen molar-refractivity contribution in [1.29, 1.82) is 0 Å². The van der Waals surface area contributed by atoms with Gasteiger partial charge in [-0.15, -0.1) is 0 Å². The van der Waals surface area contributed by atoms with Gasteiger partial charge >= 0.3 is 0 Å². The van der Waals surface area contributed by atoms with Crippen LogP contribution in [0.4, 0.5) is 0 Å². The van der Waals surface area contributed by atoms with E-state index >= 15 is 0 Å². The van der Waals surface area contributed by atoms with Crippen molar-refractivity contribution >= 4 is 0 Å². The van der Waals surface area contributed by atoms with Crippen LogP contribution in [-0.4, -0.2) is 12.1 Å². The Labute approximate surface area is 86.3 Å². The molecule has 0 aromatic heterocycles. The monoisotopic (exact) mass is 192 g/mol. The van der Waals surface area contributed by atoms with E-state index in [1.807, 2.05) is 13.8 Å². The van der Waals surface area contributed by atoms with Crippen molar-refractivity contribution in [3.8, 4) is 0 Å². The molecule has 2 atom stereocenters. The molecule has 4 N–H and O–H groups in total. The summed E-state index contributed by atoms with van der Waals surface area (Å²) in [5, 5.41) is 0. The molecule has 78 valence electrons. The van der Waals surface area contributed by atoms with E-state index in [0.29, 0.717) is 0 Å². The van der Waals surface area contributed by atoms with Gasteiger partial charge in [0.1, 0.15) is 0 Å². The zero-order valence-corrected chi connectivity index (χ0v) is 9.03. The van der Waals surface area contributed by atoms with Gasteiger partial charge in [0.2, 0.25) is 0 Å². The molecule has 14 heavy (non-hydrogen) atoms. The third-order valence-corrected chi connectivity index (χ3v) is 2.11. The first-order valence-electron chi connectivity index (χ1n) is 5.17. The fourth-order valence-corrected chi connectivity index (χ4v) is 1.63. The average molecular weight is 192 g/mol. The molecule has 0 saturated carbocycles. The smallest absolute Gasteiger partial charge is 0.00509 e. The highest BCUT2D eigenvalue weighted by molar-refractivity contribution is 5.24. The molecular weight excluding hydrogens is 172 g/mol. The molecule has 0 radical (unpaired) electrons. The number of rotatable bonds is 4. The Bertz CT molecular complexity index is 254. The maximum Gasteiger partial charge on any atom is 0.00509 e. The lowest BCUT2D eigenvalue weighted by molar-refractivity contribution is 0.725. The van der Waals surface area contributed by atoms with E-state index in [-0.39, 0.29) is 12.1 Å². The second kappa shape index (κ2) is 5.13. The van der Waals surface area contributed by atoms with Gasteiger partial charge in [0.25, 0.3) is 0 Å². The highest BCUT2D eigenvalue weighted by Gasteiger charge is 2.01. The van der Waals surface area contributed by atoms with Crippen LogP contribution in [0.15, 0.2) is 24.3 Å². The third-order valence-electron chi connectivity index (χ3n) is 2.11. The number of hydrogen-bond acceptors (Lipinski definition) is 2. The first-order valence-corrected chi connectivity index (χ1v) is 5.17. The molecule has 1 aromatic carbocycles. The molecular formula is C12H20N2. The van der Waals surface area contributed by atoms with Crippen molar-refractivity contribution in [1.82, 2.24) is 0 Å². The summed E-state index contributed by atoms with van der Waals surface area (Å²) in [5.74, 6) is 0. The fraction of sp³-hybridized carbons (Fsp3) is 0.500. The van der Waals surface area contributed by atoms with E-state index in [0.717, 1.165) is 12.8 Å². The Balaban J connectivity index is 2.68. The van der Waals surface area contributed by atoms with Gasteiger partial charge in [-0.2, -0.15) is 0 Å². The lowest BCUT2D eigenvalue weighted by Gasteiger charge is -2.09. The summed E-state index contributed by atoms with van der Waals surface area (Å²) in [4.78, 5) is 0. The van der Waals surface area contributed by atoms with E-state index in [9.17, 15) is 0 Å². The number of nitrogens with two attached hydrogens (primary N) is 2. The van der Waals surface area contributed by atoms with Gasteiger partial charge in [-0.1, -0.05) is 24.3 Å². The average Bonchev–Trinajstić information content (AvgIpc) is 2.01. The summed E-state index contributed by atoms with van der Waals surface area (Å²) in [7, 11) is 0. The predicted octanol–water partition coefficient (Wildman–Crippen LogP) is 1.47. The van der Waals surface area contributed by atoms with E-state index in [2.05, 4.69) is 24.3 Å². The molecule has 0 heterocycles. The van der Waals surface area contributed by atoms with Gasteiger partial charge in [0, 0.05) is 12.1 Å². The Morgan fingerprint density at radius 1 is 1.00 bits per heavy atom. The van der Waals surface area contributed by atoms with Crippen molar-refractivity contribution in [2.24, 2.45) is 11.5 Å². The standard InChI is InChI=1S/C12H20N2/c1-9(13)6-11-4-3-5-12(8-11)7-10(2)14/h3-5,8-10H,6-7,13-14H2,1-2H3/t9-,10+. The molecule has 2 heteroatoms. The second-order valence-electron chi connectivity index (χ2n) is 4.18. The molecule has 1 aromatic rings. The van der Waals surface area contributed by atoms with E-state index < -0.39 is 0 Å². The summed E-state index contributed by atoms with van der Waals surface area (Å²) in [6.07, 6.45) is 1.87. The molecule has 0 fully saturated rings. The largest absolute Gasteiger partial charge is 0.328 e. The summed E-state index contributed by atoms with van der Waals surface area (Å²) in [6, 6.07) is 8.96. The van der Waals surface area contributed by atoms with E-state index in [1.54, 1.807) is 0 Å². The van der Waals surface area contributed by atoms with Crippen molar-refractivity contribution in [3.05, 3.63) is 35.4 Å². The zero-order chi connectivity index (χ0) is 10.6. The summed E-state index contributed by atoms with van der Waals surface area (Å²) >= 11 is 0. The summed E-state index contributed by atoms with van der Waals surface area (Å²) in [5.41, 5.74) is 14.1. The van der Waals surface area contributed by atoms with Gasteiger partial charge in [0.05, 0.1) is 0 Å². The molecule has 0 unspecified atom stereocenters. The van der Waals surface area contributed by atoms with Crippen LogP contribution in [0, 0.1) is 0 Å². The third kappa shape index (κ3) is 3.90.